The summed E-state index contributed by atoms with van der Waals surface area (Å²) in [6, 6.07) is 8.31. The lowest BCUT2D eigenvalue weighted by atomic mass is 10.0. The SMILES string of the molecule is COc1c(Cl)cncc1-c1ccc2[nH]c(C)cc2c1. The number of benzene rings is 1. The summed E-state index contributed by atoms with van der Waals surface area (Å²) in [5, 5.41) is 1.68. The van der Waals surface area contributed by atoms with Gasteiger partial charge in [0.25, 0.3) is 0 Å². The van der Waals surface area contributed by atoms with Crippen LogP contribution in [-0.4, -0.2) is 17.1 Å². The molecule has 0 aliphatic carbocycles. The van der Waals surface area contributed by atoms with E-state index in [0.29, 0.717) is 10.8 Å². The number of aromatic nitrogens is 2. The number of fused-ring (bicyclic) bond motifs is 1. The van der Waals surface area contributed by atoms with Gasteiger partial charge in [0.1, 0.15) is 10.8 Å². The molecule has 4 heteroatoms. The van der Waals surface area contributed by atoms with E-state index in [4.69, 9.17) is 16.3 Å². The normalized spacial score (nSPS) is 10.9. The van der Waals surface area contributed by atoms with Gasteiger partial charge >= 0.3 is 0 Å². The Bertz CT molecular complexity index is 749. The van der Waals surface area contributed by atoms with Crippen LogP contribution in [0, 0.1) is 6.92 Å². The first-order chi connectivity index (χ1) is 9.19. The molecule has 0 aliphatic heterocycles. The average molecular weight is 273 g/mol. The van der Waals surface area contributed by atoms with Crippen LogP contribution < -0.4 is 4.74 Å². The van der Waals surface area contributed by atoms with Gasteiger partial charge in [-0.25, -0.2) is 0 Å². The summed E-state index contributed by atoms with van der Waals surface area (Å²) >= 11 is 6.11. The number of aryl methyl sites for hydroxylation is 1. The zero-order valence-electron chi connectivity index (χ0n) is 10.7. The first-order valence-corrected chi connectivity index (χ1v) is 6.34. The standard InChI is InChI=1S/C15H13ClN2O/c1-9-5-11-6-10(3-4-14(11)18-9)12-7-17-8-13(16)15(12)19-2/h3-8,18H,1-2H3. The molecule has 19 heavy (non-hydrogen) atoms. The number of halogens is 1. The molecule has 1 N–H and O–H groups in total. The summed E-state index contributed by atoms with van der Waals surface area (Å²) in [6.07, 6.45) is 3.36. The molecule has 0 amide bonds. The second-order valence-corrected chi connectivity index (χ2v) is 4.86. The van der Waals surface area contributed by atoms with Gasteiger partial charge in [0, 0.05) is 34.6 Å². The zero-order valence-corrected chi connectivity index (χ0v) is 11.5. The van der Waals surface area contributed by atoms with Gasteiger partial charge in [0.2, 0.25) is 0 Å². The zero-order chi connectivity index (χ0) is 13.4. The first kappa shape index (κ1) is 12.1. The Hall–Kier alpha value is -2.00. The molecule has 96 valence electrons. The number of methoxy groups -OCH3 is 1. The van der Waals surface area contributed by atoms with Crippen LogP contribution in [0.4, 0.5) is 0 Å². The third kappa shape index (κ3) is 2.06. The smallest absolute Gasteiger partial charge is 0.148 e. The highest BCUT2D eigenvalue weighted by atomic mass is 35.5. The maximum Gasteiger partial charge on any atom is 0.148 e. The first-order valence-electron chi connectivity index (χ1n) is 5.96. The topological polar surface area (TPSA) is 37.9 Å². The lowest BCUT2D eigenvalue weighted by Gasteiger charge is -2.09. The summed E-state index contributed by atoms with van der Waals surface area (Å²) in [5.41, 5.74) is 4.20. The monoisotopic (exact) mass is 272 g/mol. The minimum atomic E-state index is 0.519. The van der Waals surface area contributed by atoms with Crippen molar-refractivity contribution in [1.82, 2.24) is 9.97 Å². The lowest BCUT2D eigenvalue weighted by molar-refractivity contribution is 0.416. The molecule has 0 saturated heterocycles. The van der Waals surface area contributed by atoms with Crippen LogP contribution in [-0.2, 0) is 0 Å². The molecular weight excluding hydrogens is 260 g/mol. The molecule has 2 heterocycles. The predicted molar refractivity (Wildman–Crippen MR) is 77.8 cm³/mol. The summed E-state index contributed by atoms with van der Waals surface area (Å²) in [5.74, 6) is 0.656. The van der Waals surface area contributed by atoms with E-state index in [0.717, 1.165) is 27.7 Å². The van der Waals surface area contributed by atoms with Crippen LogP contribution in [0.25, 0.3) is 22.0 Å². The largest absolute Gasteiger partial charge is 0.494 e. The molecule has 3 rings (SSSR count). The van der Waals surface area contributed by atoms with Crippen molar-refractivity contribution in [2.45, 2.75) is 6.92 Å². The molecule has 3 nitrogen and oxygen atoms in total. The van der Waals surface area contributed by atoms with Gasteiger partial charge in [-0.05, 0) is 30.7 Å². The fourth-order valence-corrected chi connectivity index (χ4v) is 2.52. The highest BCUT2D eigenvalue weighted by Crippen LogP contribution is 2.36. The average Bonchev–Trinajstić information content (AvgIpc) is 2.77. The molecular formula is C15H13ClN2O. The quantitative estimate of drug-likeness (QED) is 0.759. The van der Waals surface area contributed by atoms with Crippen LogP contribution in [0.3, 0.4) is 0 Å². The van der Waals surface area contributed by atoms with Crippen molar-refractivity contribution in [3.05, 3.63) is 47.4 Å². The van der Waals surface area contributed by atoms with Gasteiger partial charge in [-0.1, -0.05) is 17.7 Å². The Morgan fingerprint density at radius 2 is 2.05 bits per heavy atom. The Kier molecular flexibility index (Phi) is 2.91. The van der Waals surface area contributed by atoms with Gasteiger partial charge in [-0.2, -0.15) is 0 Å². The van der Waals surface area contributed by atoms with Gasteiger partial charge in [0.15, 0.2) is 0 Å². The Balaban J connectivity index is 2.21. The third-order valence-corrected chi connectivity index (χ3v) is 3.39. The molecule has 0 aliphatic rings. The fourth-order valence-electron chi connectivity index (χ4n) is 2.28. The Labute approximate surface area is 116 Å². The van der Waals surface area contributed by atoms with Crippen molar-refractivity contribution in [2.75, 3.05) is 7.11 Å². The number of ether oxygens (including phenoxy) is 1. The number of nitrogens with zero attached hydrogens (tertiary/aromatic N) is 1. The molecule has 2 aromatic heterocycles. The maximum atomic E-state index is 6.11. The van der Waals surface area contributed by atoms with Crippen molar-refractivity contribution >= 4 is 22.5 Å². The maximum absolute atomic E-state index is 6.11. The van der Waals surface area contributed by atoms with E-state index >= 15 is 0 Å². The third-order valence-electron chi connectivity index (χ3n) is 3.12. The van der Waals surface area contributed by atoms with Gasteiger partial charge in [-0.3, -0.25) is 4.98 Å². The number of aromatic amines is 1. The summed E-state index contributed by atoms with van der Waals surface area (Å²) in [6.45, 7) is 2.04. The minimum absolute atomic E-state index is 0.519. The number of hydrogen-bond acceptors (Lipinski definition) is 2. The highest BCUT2D eigenvalue weighted by Gasteiger charge is 2.11. The molecule has 0 unspecified atom stereocenters. The van der Waals surface area contributed by atoms with E-state index in [9.17, 15) is 0 Å². The van der Waals surface area contributed by atoms with E-state index in [1.165, 1.54) is 0 Å². The van der Waals surface area contributed by atoms with Crippen LogP contribution >= 0.6 is 11.6 Å². The number of hydrogen-bond donors (Lipinski definition) is 1. The highest BCUT2D eigenvalue weighted by molar-refractivity contribution is 6.32. The van der Waals surface area contributed by atoms with Crippen molar-refractivity contribution < 1.29 is 4.74 Å². The molecule has 0 saturated carbocycles. The van der Waals surface area contributed by atoms with E-state index in [-0.39, 0.29) is 0 Å². The van der Waals surface area contributed by atoms with Crippen molar-refractivity contribution in [3.8, 4) is 16.9 Å². The molecule has 0 bridgehead atoms. The molecule has 0 atom stereocenters. The van der Waals surface area contributed by atoms with Crippen molar-refractivity contribution in [2.24, 2.45) is 0 Å². The number of rotatable bonds is 2. The van der Waals surface area contributed by atoms with E-state index < -0.39 is 0 Å². The van der Waals surface area contributed by atoms with Crippen molar-refractivity contribution in [1.29, 1.82) is 0 Å². The van der Waals surface area contributed by atoms with Crippen LogP contribution in [0.1, 0.15) is 5.69 Å². The second-order valence-electron chi connectivity index (χ2n) is 4.46. The summed E-state index contributed by atoms with van der Waals surface area (Å²) < 4.78 is 5.37. The van der Waals surface area contributed by atoms with Crippen LogP contribution in [0.2, 0.25) is 5.02 Å². The summed E-state index contributed by atoms with van der Waals surface area (Å²) in [4.78, 5) is 7.44. The molecule has 0 radical (unpaired) electrons. The number of pyridine rings is 1. The minimum Gasteiger partial charge on any atom is -0.494 e. The number of H-pyrrole nitrogens is 1. The van der Waals surface area contributed by atoms with Gasteiger partial charge < -0.3 is 9.72 Å². The molecule has 3 aromatic rings. The summed E-state index contributed by atoms with van der Waals surface area (Å²) in [7, 11) is 1.61. The van der Waals surface area contributed by atoms with E-state index in [2.05, 4.69) is 28.2 Å². The van der Waals surface area contributed by atoms with E-state index in [1.807, 2.05) is 13.0 Å². The molecule has 1 aromatic carbocycles. The van der Waals surface area contributed by atoms with Gasteiger partial charge in [-0.15, -0.1) is 0 Å². The van der Waals surface area contributed by atoms with Crippen LogP contribution in [0.15, 0.2) is 36.7 Å². The number of nitrogens with one attached hydrogen (secondary N) is 1. The molecule has 0 spiro atoms. The second kappa shape index (κ2) is 4.59. The van der Waals surface area contributed by atoms with E-state index in [1.54, 1.807) is 19.5 Å². The van der Waals surface area contributed by atoms with Gasteiger partial charge in [0.05, 0.1) is 7.11 Å². The van der Waals surface area contributed by atoms with Crippen molar-refractivity contribution in [3.63, 3.8) is 0 Å². The fraction of sp³-hybridized carbons (Fsp3) is 0.133. The molecule has 0 fully saturated rings. The van der Waals surface area contributed by atoms with Crippen LogP contribution in [0.5, 0.6) is 5.75 Å². The predicted octanol–water partition coefficient (Wildman–Crippen LogP) is 4.20. The Morgan fingerprint density at radius 1 is 1.21 bits per heavy atom. The lowest BCUT2D eigenvalue weighted by Crippen LogP contribution is -1.90. The Morgan fingerprint density at radius 3 is 2.84 bits per heavy atom.